The first-order chi connectivity index (χ1) is 6.65. The molecule has 0 saturated heterocycles. The highest BCUT2D eigenvalue weighted by Crippen LogP contribution is 2.12. The monoisotopic (exact) mass is 191 g/mol. The van der Waals surface area contributed by atoms with Gasteiger partial charge in [-0.15, -0.1) is 0 Å². The molecule has 0 bridgehead atoms. The minimum Gasteiger partial charge on any atom is -0.294 e. The molecular formula is C11H10FNO. The van der Waals surface area contributed by atoms with Gasteiger partial charge in [0.05, 0.1) is 6.07 Å². The zero-order chi connectivity index (χ0) is 10.6. The van der Waals surface area contributed by atoms with Crippen molar-refractivity contribution in [2.45, 2.75) is 13.3 Å². The Morgan fingerprint density at radius 1 is 1.64 bits per heavy atom. The van der Waals surface area contributed by atoms with Crippen molar-refractivity contribution in [3.63, 3.8) is 0 Å². The van der Waals surface area contributed by atoms with E-state index in [1.165, 1.54) is 18.2 Å². The van der Waals surface area contributed by atoms with Crippen LogP contribution in [0.4, 0.5) is 4.39 Å². The first-order valence-corrected chi connectivity index (χ1v) is 4.32. The predicted octanol–water partition coefficient (Wildman–Crippen LogP) is 2.56. The van der Waals surface area contributed by atoms with Crippen LogP contribution >= 0.6 is 0 Å². The number of halogens is 1. The van der Waals surface area contributed by atoms with E-state index in [4.69, 9.17) is 5.26 Å². The normalized spacial score (nSPS) is 11.8. The van der Waals surface area contributed by atoms with E-state index in [0.29, 0.717) is 5.56 Å². The second kappa shape index (κ2) is 4.52. The van der Waals surface area contributed by atoms with Gasteiger partial charge in [0.2, 0.25) is 0 Å². The van der Waals surface area contributed by atoms with Crippen LogP contribution in [0.1, 0.15) is 23.7 Å². The number of nitrogens with zero attached hydrogens (tertiary/aromatic N) is 1. The lowest BCUT2D eigenvalue weighted by atomic mass is 9.97. The minimum absolute atomic E-state index is 0.162. The predicted molar refractivity (Wildman–Crippen MR) is 50.1 cm³/mol. The number of ketones is 1. The molecule has 0 aromatic heterocycles. The summed E-state index contributed by atoms with van der Waals surface area (Å²) in [6.07, 6.45) is 0.162. The van der Waals surface area contributed by atoms with E-state index in [2.05, 4.69) is 0 Å². The van der Waals surface area contributed by atoms with Crippen molar-refractivity contribution >= 4 is 5.78 Å². The molecule has 1 atom stereocenters. The molecule has 3 heteroatoms. The standard InChI is InChI=1S/C11H10FNO/c1-8(5-6-13)11(14)9-3-2-4-10(12)7-9/h2-4,7-8H,5H2,1H3/t8-/m0/s1. The average molecular weight is 191 g/mol. The number of rotatable bonds is 3. The van der Waals surface area contributed by atoms with Crippen LogP contribution in [0.15, 0.2) is 24.3 Å². The Labute approximate surface area is 82.0 Å². The fraction of sp³-hybridized carbons (Fsp3) is 0.273. The fourth-order valence-corrected chi connectivity index (χ4v) is 1.16. The summed E-state index contributed by atoms with van der Waals surface area (Å²) in [4.78, 5) is 11.6. The van der Waals surface area contributed by atoms with Crippen LogP contribution in [0, 0.1) is 23.1 Å². The highest BCUT2D eigenvalue weighted by molar-refractivity contribution is 5.97. The van der Waals surface area contributed by atoms with Crippen LogP contribution in [-0.4, -0.2) is 5.78 Å². The number of Topliss-reactive ketones (excluding diaryl/α,β-unsaturated/α-hetero) is 1. The molecule has 0 heterocycles. The Bertz CT molecular complexity index is 381. The molecule has 0 aliphatic carbocycles. The largest absolute Gasteiger partial charge is 0.294 e. The molecule has 14 heavy (non-hydrogen) atoms. The number of benzene rings is 1. The van der Waals surface area contributed by atoms with Gasteiger partial charge in [-0.3, -0.25) is 4.79 Å². The zero-order valence-electron chi connectivity index (χ0n) is 7.83. The molecule has 0 N–H and O–H groups in total. The molecule has 1 aromatic carbocycles. The van der Waals surface area contributed by atoms with Crippen LogP contribution in [0.5, 0.6) is 0 Å². The van der Waals surface area contributed by atoms with Gasteiger partial charge in [0, 0.05) is 17.9 Å². The third-order valence-electron chi connectivity index (χ3n) is 1.95. The topological polar surface area (TPSA) is 40.9 Å². The van der Waals surface area contributed by atoms with E-state index in [-0.39, 0.29) is 18.1 Å². The molecule has 1 aromatic rings. The third-order valence-corrected chi connectivity index (χ3v) is 1.95. The lowest BCUT2D eigenvalue weighted by molar-refractivity contribution is 0.0931. The van der Waals surface area contributed by atoms with Crippen molar-refractivity contribution < 1.29 is 9.18 Å². The maximum absolute atomic E-state index is 12.8. The van der Waals surface area contributed by atoms with Crippen LogP contribution in [0.25, 0.3) is 0 Å². The molecule has 0 spiro atoms. The summed E-state index contributed by atoms with van der Waals surface area (Å²) in [6, 6.07) is 7.43. The number of nitriles is 1. The van der Waals surface area contributed by atoms with Gasteiger partial charge in [0.1, 0.15) is 5.82 Å². The second-order valence-electron chi connectivity index (χ2n) is 3.14. The van der Waals surface area contributed by atoms with E-state index < -0.39 is 5.82 Å². The molecule has 72 valence electrons. The summed E-state index contributed by atoms with van der Waals surface area (Å²) < 4.78 is 12.8. The molecule has 0 fully saturated rings. The lowest BCUT2D eigenvalue weighted by Gasteiger charge is -2.05. The second-order valence-corrected chi connectivity index (χ2v) is 3.14. The number of hydrogen-bond acceptors (Lipinski definition) is 2. The van der Waals surface area contributed by atoms with E-state index >= 15 is 0 Å². The maximum Gasteiger partial charge on any atom is 0.166 e. The van der Waals surface area contributed by atoms with Crippen LogP contribution in [-0.2, 0) is 0 Å². The first-order valence-electron chi connectivity index (χ1n) is 4.32. The Kier molecular flexibility index (Phi) is 3.35. The Morgan fingerprint density at radius 2 is 2.36 bits per heavy atom. The summed E-state index contributed by atoms with van der Waals surface area (Å²) in [5, 5.41) is 8.41. The van der Waals surface area contributed by atoms with Crippen molar-refractivity contribution in [1.82, 2.24) is 0 Å². The Morgan fingerprint density at radius 3 is 2.93 bits per heavy atom. The van der Waals surface area contributed by atoms with Gasteiger partial charge in [0.15, 0.2) is 5.78 Å². The van der Waals surface area contributed by atoms with Crippen LogP contribution in [0.3, 0.4) is 0 Å². The SMILES string of the molecule is C[C@@H](CC#N)C(=O)c1cccc(F)c1. The van der Waals surface area contributed by atoms with Gasteiger partial charge >= 0.3 is 0 Å². The van der Waals surface area contributed by atoms with Crippen molar-refractivity contribution in [2.75, 3.05) is 0 Å². The third kappa shape index (κ3) is 2.40. The van der Waals surface area contributed by atoms with Crippen molar-refractivity contribution in [1.29, 1.82) is 5.26 Å². The average Bonchev–Trinajstić information content (AvgIpc) is 2.17. The highest BCUT2D eigenvalue weighted by Gasteiger charge is 2.14. The van der Waals surface area contributed by atoms with Crippen molar-refractivity contribution in [3.05, 3.63) is 35.6 Å². The summed E-state index contributed by atoms with van der Waals surface area (Å²) in [7, 11) is 0. The quantitative estimate of drug-likeness (QED) is 0.689. The van der Waals surface area contributed by atoms with E-state index in [1.807, 2.05) is 6.07 Å². The summed E-state index contributed by atoms with van der Waals surface area (Å²) in [6.45, 7) is 1.66. The number of carbonyl (C=O) groups is 1. The smallest absolute Gasteiger partial charge is 0.166 e. The molecule has 0 aliphatic heterocycles. The summed E-state index contributed by atoms with van der Waals surface area (Å²) in [5.74, 6) is -0.993. The molecule has 0 saturated carbocycles. The summed E-state index contributed by atoms with van der Waals surface area (Å²) >= 11 is 0. The Balaban J connectivity index is 2.85. The Hall–Kier alpha value is -1.69. The van der Waals surface area contributed by atoms with Crippen LogP contribution < -0.4 is 0 Å². The first kappa shape index (κ1) is 10.4. The van der Waals surface area contributed by atoms with Crippen LogP contribution in [0.2, 0.25) is 0 Å². The van der Waals surface area contributed by atoms with Crippen molar-refractivity contribution in [3.8, 4) is 6.07 Å². The maximum atomic E-state index is 12.8. The highest BCUT2D eigenvalue weighted by atomic mass is 19.1. The molecule has 2 nitrogen and oxygen atoms in total. The summed E-state index contributed by atoms with van der Waals surface area (Å²) in [5.41, 5.74) is 0.327. The molecule has 1 rings (SSSR count). The zero-order valence-corrected chi connectivity index (χ0v) is 7.83. The van der Waals surface area contributed by atoms with Gasteiger partial charge in [-0.2, -0.15) is 5.26 Å². The number of hydrogen-bond donors (Lipinski definition) is 0. The minimum atomic E-state index is -0.431. The van der Waals surface area contributed by atoms with E-state index in [9.17, 15) is 9.18 Å². The van der Waals surface area contributed by atoms with Gasteiger partial charge in [-0.25, -0.2) is 4.39 Å². The molecule has 0 aliphatic rings. The lowest BCUT2D eigenvalue weighted by Crippen LogP contribution is -2.10. The number of carbonyl (C=O) groups excluding carboxylic acids is 1. The molecular weight excluding hydrogens is 181 g/mol. The van der Waals surface area contributed by atoms with Gasteiger partial charge in [-0.1, -0.05) is 19.1 Å². The van der Waals surface area contributed by atoms with Crippen molar-refractivity contribution in [2.24, 2.45) is 5.92 Å². The van der Waals surface area contributed by atoms with Gasteiger partial charge in [0.25, 0.3) is 0 Å². The van der Waals surface area contributed by atoms with Gasteiger partial charge in [-0.05, 0) is 12.1 Å². The molecule has 0 radical (unpaired) electrons. The van der Waals surface area contributed by atoms with Gasteiger partial charge < -0.3 is 0 Å². The van der Waals surface area contributed by atoms with E-state index in [1.54, 1.807) is 13.0 Å². The molecule has 0 unspecified atom stereocenters. The fourth-order valence-electron chi connectivity index (χ4n) is 1.16. The molecule has 0 amide bonds. The van der Waals surface area contributed by atoms with E-state index in [0.717, 1.165) is 0 Å².